The summed E-state index contributed by atoms with van der Waals surface area (Å²) in [6, 6.07) is 4.96. The maximum absolute atomic E-state index is 11.8. The number of hydrogen-bond acceptors (Lipinski definition) is 8. The summed E-state index contributed by atoms with van der Waals surface area (Å²) >= 11 is 0. The van der Waals surface area contributed by atoms with Gasteiger partial charge in [-0.25, -0.2) is 26.4 Å². The van der Waals surface area contributed by atoms with Crippen molar-refractivity contribution < 1.29 is 35.9 Å². The smallest absolute Gasteiger partial charge is 0.406 e. The highest BCUT2D eigenvalue weighted by Crippen LogP contribution is 2.29. The van der Waals surface area contributed by atoms with Gasteiger partial charge < -0.3 is 20.9 Å². The van der Waals surface area contributed by atoms with Crippen LogP contribution in [0.15, 0.2) is 24.3 Å². The second-order valence-corrected chi connectivity index (χ2v) is 9.04. The molecule has 0 spiro atoms. The van der Waals surface area contributed by atoms with Crippen molar-refractivity contribution in [1.82, 2.24) is 0 Å². The third kappa shape index (κ3) is 5.38. The number of primary amides is 2. The summed E-state index contributed by atoms with van der Waals surface area (Å²) in [6.07, 6.45) is -1.05. The highest BCUT2D eigenvalue weighted by atomic mass is 32.2. The molecule has 0 saturated carbocycles. The summed E-state index contributed by atoms with van der Waals surface area (Å²) in [5.74, 6) is 0. The summed E-state index contributed by atoms with van der Waals surface area (Å²) in [5, 5.41) is 0. The molecule has 1 aromatic rings. The molecule has 0 aliphatic heterocycles. The molecule has 0 heterocycles. The van der Waals surface area contributed by atoms with Crippen LogP contribution in [0.25, 0.3) is 0 Å². The Balaban J connectivity index is 3.43. The molecular weight excluding hydrogens is 364 g/mol. The van der Waals surface area contributed by atoms with E-state index >= 15 is 0 Å². The van der Waals surface area contributed by atoms with Gasteiger partial charge in [0.1, 0.15) is 0 Å². The molecule has 0 bridgehead atoms. The van der Waals surface area contributed by atoms with E-state index in [-0.39, 0.29) is 11.1 Å². The number of ether oxygens (including phenoxy) is 2. The first-order chi connectivity index (χ1) is 10.8. The Morgan fingerprint density at radius 2 is 1.21 bits per heavy atom. The van der Waals surface area contributed by atoms with Gasteiger partial charge in [0.05, 0.1) is 0 Å². The Hall–Kier alpha value is -2.34. The van der Waals surface area contributed by atoms with Crippen molar-refractivity contribution in [1.29, 1.82) is 0 Å². The minimum absolute atomic E-state index is 0.0736. The van der Waals surface area contributed by atoms with Crippen LogP contribution in [0.4, 0.5) is 9.59 Å². The van der Waals surface area contributed by atoms with E-state index in [0.29, 0.717) is 0 Å². The van der Waals surface area contributed by atoms with Gasteiger partial charge in [0.2, 0.25) is 10.9 Å². The first-order valence-corrected chi connectivity index (χ1v) is 10.1. The van der Waals surface area contributed by atoms with E-state index < -0.39 is 42.7 Å². The molecule has 0 radical (unpaired) electrons. The predicted octanol–water partition coefficient (Wildman–Crippen LogP) is -0.0364. The molecule has 10 nitrogen and oxygen atoms in total. The predicted molar refractivity (Wildman–Crippen MR) is 82.9 cm³/mol. The van der Waals surface area contributed by atoms with Gasteiger partial charge in [-0.2, -0.15) is 0 Å². The van der Waals surface area contributed by atoms with Gasteiger partial charge in [0.15, 0.2) is 19.7 Å². The first kappa shape index (κ1) is 19.7. The van der Waals surface area contributed by atoms with Gasteiger partial charge in [-0.3, -0.25) is 0 Å². The molecule has 0 aliphatic carbocycles. The number of rotatable bonds is 6. The number of carbonyl (C=O) groups excluding carboxylic acids is 2. The normalized spacial score (nSPS) is 14.4. The summed E-state index contributed by atoms with van der Waals surface area (Å²) in [4.78, 5) is 21.8. The molecule has 0 aromatic heterocycles. The molecule has 4 N–H and O–H groups in total. The van der Waals surface area contributed by atoms with Crippen LogP contribution in [0.3, 0.4) is 0 Å². The van der Waals surface area contributed by atoms with Crippen LogP contribution in [0.5, 0.6) is 0 Å². The second-order valence-electron chi connectivity index (χ2n) is 4.87. The molecule has 1 rings (SSSR count). The zero-order chi connectivity index (χ0) is 18.7. The molecule has 134 valence electrons. The molecule has 24 heavy (non-hydrogen) atoms. The minimum atomic E-state index is -3.92. The van der Waals surface area contributed by atoms with Gasteiger partial charge >= 0.3 is 12.2 Å². The van der Waals surface area contributed by atoms with E-state index in [4.69, 9.17) is 11.5 Å². The number of hydrogen-bond donors (Lipinski definition) is 2. The molecule has 2 atom stereocenters. The quantitative estimate of drug-likeness (QED) is 0.691. The zero-order valence-electron chi connectivity index (χ0n) is 12.7. The monoisotopic (exact) mass is 380 g/mol. The van der Waals surface area contributed by atoms with E-state index in [2.05, 4.69) is 9.47 Å². The fourth-order valence-corrected chi connectivity index (χ4v) is 3.69. The molecule has 0 aliphatic rings. The molecule has 2 amide bonds. The van der Waals surface area contributed by atoms with Gasteiger partial charge in [-0.15, -0.1) is 0 Å². The van der Waals surface area contributed by atoms with Crippen LogP contribution >= 0.6 is 0 Å². The topological polar surface area (TPSA) is 173 Å². The van der Waals surface area contributed by atoms with E-state index in [0.717, 1.165) is 18.6 Å². The molecular formula is C12H16N2O8S2. The Morgan fingerprint density at radius 1 is 0.875 bits per heavy atom. The van der Waals surface area contributed by atoms with Gasteiger partial charge in [0, 0.05) is 23.6 Å². The average molecular weight is 380 g/mol. The van der Waals surface area contributed by atoms with Crippen LogP contribution in [0, 0.1) is 0 Å². The van der Waals surface area contributed by atoms with Crippen LogP contribution in [0.1, 0.15) is 22.0 Å². The maximum atomic E-state index is 11.8. The van der Waals surface area contributed by atoms with Crippen LogP contribution in [0.2, 0.25) is 0 Å². The standard InChI is InChI=1S/C12H16N2O8S2/c1-23(17,18)9(21-11(13)15)7-4-3-5-8(6-7)10(22-12(14)16)24(2,19)20/h3-6,9-10H,1-2H3,(H2,13,15)(H2,14,16). The van der Waals surface area contributed by atoms with Gasteiger partial charge in [-0.05, 0) is 6.07 Å². The van der Waals surface area contributed by atoms with Crippen molar-refractivity contribution >= 4 is 31.9 Å². The van der Waals surface area contributed by atoms with Gasteiger partial charge in [0.25, 0.3) is 0 Å². The van der Waals surface area contributed by atoms with Crippen molar-refractivity contribution in [3.05, 3.63) is 35.4 Å². The van der Waals surface area contributed by atoms with E-state index in [1.807, 2.05) is 0 Å². The maximum Gasteiger partial charge on any atom is 0.406 e. The second kappa shape index (κ2) is 7.05. The van der Waals surface area contributed by atoms with Crippen LogP contribution in [-0.2, 0) is 29.1 Å². The number of sulfone groups is 2. The first-order valence-electron chi connectivity index (χ1n) is 6.22. The van der Waals surface area contributed by atoms with Crippen LogP contribution < -0.4 is 11.5 Å². The summed E-state index contributed by atoms with van der Waals surface area (Å²) < 4.78 is 56.2. The summed E-state index contributed by atoms with van der Waals surface area (Å²) in [6.45, 7) is 0. The lowest BCUT2D eigenvalue weighted by Crippen LogP contribution is -2.25. The van der Waals surface area contributed by atoms with Crippen molar-refractivity contribution in [3.63, 3.8) is 0 Å². The Bertz CT molecular complexity index is 780. The third-order valence-electron chi connectivity index (χ3n) is 2.68. The van der Waals surface area contributed by atoms with Crippen molar-refractivity contribution in [2.75, 3.05) is 12.5 Å². The van der Waals surface area contributed by atoms with E-state index in [1.54, 1.807) is 0 Å². The number of nitrogens with two attached hydrogens (primary N) is 2. The van der Waals surface area contributed by atoms with E-state index in [1.165, 1.54) is 18.2 Å². The lowest BCUT2D eigenvalue weighted by molar-refractivity contribution is 0.140. The molecule has 0 fully saturated rings. The minimum Gasteiger partial charge on any atom is -0.425 e. The molecule has 2 unspecified atom stereocenters. The third-order valence-corrected chi connectivity index (χ3v) is 4.97. The Labute approximate surface area is 138 Å². The lowest BCUT2D eigenvalue weighted by atomic mass is 10.1. The number of amides is 2. The molecule has 12 heteroatoms. The van der Waals surface area contributed by atoms with Crippen LogP contribution in [-0.4, -0.2) is 41.5 Å². The highest BCUT2D eigenvalue weighted by molar-refractivity contribution is 7.91. The lowest BCUT2D eigenvalue weighted by Gasteiger charge is -2.19. The molecule has 1 aromatic carbocycles. The Kier molecular flexibility index (Phi) is 5.79. The summed E-state index contributed by atoms with van der Waals surface area (Å²) in [5.41, 5.74) is 6.07. The average Bonchev–Trinajstić information content (AvgIpc) is 2.39. The zero-order valence-corrected chi connectivity index (χ0v) is 14.3. The van der Waals surface area contributed by atoms with Gasteiger partial charge in [-0.1, -0.05) is 18.2 Å². The number of benzene rings is 1. The fourth-order valence-electron chi connectivity index (χ4n) is 1.87. The summed E-state index contributed by atoms with van der Waals surface area (Å²) in [7, 11) is -7.84. The Morgan fingerprint density at radius 3 is 1.46 bits per heavy atom. The molecule has 0 saturated heterocycles. The highest BCUT2D eigenvalue weighted by Gasteiger charge is 2.30. The largest absolute Gasteiger partial charge is 0.425 e. The van der Waals surface area contributed by atoms with Crippen molar-refractivity contribution in [2.24, 2.45) is 11.5 Å². The number of carbonyl (C=O) groups is 2. The van der Waals surface area contributed by atoms with Crippen molar-refractivity contribution in [3.8, 4) is 0 Å². The fraction of sp³-hybridized carbons (Fsp3) is 0.333. The van der Waals surface area contributed by atoms with Crippen molar-refractivity contribution in [2.45, 2.75) is 10.9 Å². The SMILES string of the molecule is CS(=O)(=O)C(OC(N)=O)c1cccc(C(OC(N)=O)S(C)(=O)=O)c1. The van der Waals surface area contributed by atoms with E-state index in [9.17, 15) is 26.4 Å².